The molecule has 3 saturated carbocycles. The van der Waals surface area contributed by atoms with Gasteiger partial charge < -0.3 is 9.84 Å². The Hall–Kier alpha value is -1.42. The first kappa shape index (κ1) is 24.3. The molecule has 4 unspecified atom stereocenters. The fourth-order valence-corrected chi connectivity index (χ4v) is 9.87. The van der Waals surface area contributed by atoms with Crippen LogP contribution in [0.25, 0.3) is 0 Å². The van der Waals surface area contributed by atoms with E-state index < -0.39 is 16.4 Å². The summed E-state index contributed by atoms with van der Waals surface area (Å²) in [4.78, 5) is 27.6. The number of Topliss-reactive ketones (excluding diaryl/α,β-unsaturated/α-hetero) is 1. The maximum absolute atomic E-state index is 13.8. The molecule has 4 nitrogen and oxygen atoms in total. The number of aliphatic hydroxyl groups excluding tert-OH is 1. The Morgan fingerprint density at radius 1 is 1.15 bits per heavy atom. The fourth-order valence-electron chi connectivity index (χ4n) is 9.87. The van der Waals surface area contributed by atoms with Crippen molar-refractivity contribution in [2.24, 2.45) is 39.4 Å². The monoisotopic (exact) mass is 468 g/mol. The lowest BCUT2D eigenvalue weighted by molar-refractivity contribution is -0.163. The standard InChI is InChI=1S/C30H44O4/c1-18(2)9-8-14-29(7)24-21(31)17-28(6)20-10-11-22-26(3,4)23(32)13-15-27(22,5)19(20)12-16-30(24,28)25(33)34-29/h12,20,22-24,32H,1,8-11,13-17H2,2-7H3/t20?,22?,23-,24?,27+,28-,29-,30?/m0/s1. The number of carbonyl (C=O) groups is 2. The maximum Gasteiger partial charge on any atom is 0.314 e. The van der Waals surface area contributed by atoms with E-state index in [0.717, 1.165) is 44.1 Å². The highest BCUT2D eigenvalue weighted by Gasteiger charge is 2.78. The van der Waals surface area contributed by atoms with Crippen molar-refractivity contribution in [2.75, 3.05) is 0 Å². The van der Waals surface area contributed by atoms with Gasteiger partial charge in [0.25, 0.3) is 0 Å². The van der Waals surface area contributed by atoms with E-state index in [4.69, 9.17) is 4.74 Å². The average molecular weight is 469 g/mol. The van der Waals surface area contributed by atoms with E-state index in [2.05, 4.69) is 40.3 Å². The topological polar surface area (TPSA) is 63.6 Å². The van der Waals surface area contributed by atoms with Crippen LogP contribution in [0.3, 0.4) is 0 Å². The Morgan fingerprint density at radius 2 is 1.85 bits per heavy atom. The molecule has 0 aromatic heterocycles. The van der Waals surface area contributed by atoms with Gasteiger partial charge in [0.1, 0.15) is 11.4 Å². The largest absolute Gasteiger partial charge is 0.458 e. The first-order valence-electron chi connectivity index (χ1n) is 13.5. The summed E-state index contributed by atoms with van der Waals surface area (Å²) in [5.41, 5.74) is 0.640. The van der Waals surface area contributed by atoms with Gasteiger partial charge in [0.05, 0.1) is 17.4 Å². The van der Waals surface area contributed by atoms with E-state index in [1.165, 1.54) is 5.57 Å². The zero-order valence-corrected chi connectivity index (χ0v) is 22.1. The van der Waals surface area contributed by atoms with E-state index in [0.29, 0.717) is 25.2 Å². The molecule has 188 valence electrons. The summed E-state index contributed by atoms with van der Waals surface area (Å²) >= 11 is 0. The van der Waals surface area contributed by atoms with Crippen LogP contribution in [0.1, 0.15) is 99.3 Å². The van der Waals surface area contributed by atoms with Gasteiger partial charge in [0.15, 0.2) is 0 Å². The molecule has 1 aliphatic heterocycles. The number of hydrogen-bond acceptors (Lipinski definition) is 4. The highest BCUT2D eigenvalue weighted by molar-refractivity contribution is 5.99. The molecule has 0 amide bonds. The minimum Gasteiger partial charge on any atom is -0.458 e. The van der Waals surface area contributed by atoms with E-state index >= 15 is 0 Å². The van der Waals surface area contributed by atoms with E-state index in [9.17, 15) is 14.7 Å². The van der Waals surface area contributed by atoms with Crippen molar-refractivity contribution < 1.29 is 19.4 Å². The van der Waals surface area contributed by atoms with Crippen LogP contribution in [0.15, 0.2) is 23.8 Å². The second kappa shape index (κ2) is 7.31. The Bertz CT molecular complexity index is 976. The Labute approximate surface area is 205 Å². The van der Waals surface area contributed by atoms with E-state index in [1.807, 2.05) is 13.8 Å². The molecule has 1 heterocycles. The van der Waals surface area contributed by atoms with Gasteiger partial charge in [0, 0.05) is 6.42 Å². The van der Waals surface area contributed by atoms with Crippen LogP contribution in [-0.4, -0.2) is 28.6 Å². The number of cyclic esters (lactones) is 1. The molecular weight excluding hydrogens is 424 g/mol. The highest BCUT2D eigenvalue weighted by Crippen LogP contribution is 2.75. The maximum atomic E-state index is 13.8. The van der Waals surface area contributed by atoms with Gasteiger partial charge >= 0.3 is 5.97 Å². The van der Waals surface area contributed by atoms with Crippen LogP contribution in [0.5, 0.6) is 0 Å². The predicted molar refractivity (Wildman–Crippen MR) is 133 cm³/mol. The molecule has 4 fully saturated rings. The molecule has 34 heavy (non-hydrogen) atoms. The fraction of sp³-hybridized carbons (Fsp3) is 0.800. The molecule has 4 heteroatoms. The number of carbonyl (C=O) groups excluding carboxylic acids is 2. The lowest BCUT2D eigenvalue weighted by Crippen LogP contribution is -2.58. The molecule has 0 bridgehead atoms. The number of fused-ring (bicyclic) bond motifs is 4. The SMILES string of the molecule is C=C(C)CCC[C@]1(C)OC(=O)C23CC=C4C(CCC5C(C)(C)[C@@H](O)CC[C@]45C)[C@]2(C)CC(=O)C31. The van der Waals surface area contributed by atoms with Gasteiger partial charge in [-0.05, 0) is 93.3 Å². The average Bonchev–Trinajstić information content (AvgIpc) is 3.11. The minimum atomic E-state index is -0.733. The van der Waals surface area contributed by atoms with Gasteiger partial charge in [-0.3, -0.25) is 9.59 Å². The van der Waals surface area contributed by atoms with Crippen LogP contribution in [0.4, 0.5) is 0 Å². The van der Waals surface area contributed by atoms with Crippen LogP contribution >= 0.6 is 0 Å². The summed E-state index contributed by atoms with van der Waals surface area (Å²) in [5.74, 6) is 0.390. The number of rotatable bonds is 4. The smallest absolute Gasteiger partial charge is 0.314 e. The van der Waals surface area contributed by atoms with Crippen molar-refractivity contribution in [3.63, 3.8) is 0 Å². The Balaban J connectivity index is 1.55. The van der Waals surface area contributed by atoms with Gasteiger partial charge in [0.2, 0.25) is 0 Å². The summed E-state index contributed by atoms with van der Waals surface area (Å²) in [7, 11) is 0. The number of ketones is 1. The zero-order chi connectivity index (χ0) is 24.9. The molecule has 1 spiro atoms. The Morgan fingerprint density at radius 3 is 2.53 bits per heavy atom. The number of aliphatic hydroxyl groups is 1. The highest BCUT2D eigenvalue weighted by atomic mass is 16.6. The third-order valence-corrected chi connectivity index (χ3v) is 11.6. The van der Waals surface area contributed by atoms with Crippen molar-refractivity contribution in [2.45, 2.75) is 111 Å². The van der Waals surface area contributed by atoms with Gasteiger partial charge in [-0.1, -0.05) is 44.9 Å². The summed E-state index contributed by atoms with van der Waals surface area (Å²) in [5, 5.41) is 10.8. The molecule has 0 radical (unpaired) electrons. The van der Waals surface area contributed by atoms with Crippen LogP contribution in [-0.2, 0) is 14.3 Å². The minimum absolute atomic E-state index is 0.0186. The van der Waals surface area contributed by atoms with Crippen molar-refractivity contribution >= 4 is 11.8 Å². The van der Waals surface area contributed by atoms with E-state index in [-0.39, 0.29) is 40.5 Å². The Kier molecular flexibility index (Phi) is 5.22. The summed E-state index contributed by atoms with van der Waals surface area (Å²) in [6.07, 6.45) is 9.51. The van der Waals surface area contributed by atoms with Gasteiger partial charge in [-0.15, -0.1) is 6.58 Å². The molecular formula is C30H44O4. The lowest BCUT2D eigenvalue weighted by atomic mass is 9.41. The van der Waals surface area contributed by atoms with Crippen LogP contribution < -0.4 is 0 Å². The first-order chi connectivity index (χ1) is 15.7. The zero-order valence-electron chi connectivity index (χ0n) is 22.1. The summed E-state index contributed by atoms with van der Waals surface area (Å²) < 4.78 is 6.20. The third-order valence-electron chi connectivity index (χ3n) is 11.6. The second-order valence-corrected chi connectivity index (χ2v) is 13.8. The quantitative estimate of drug-likeness (QED) is 0.396. The normalized spacial score (nSPS) is 48.9. The van der Waals surface area contributed by atoms with Gasteiger partial charge in [-0.2, -0.15) is 0 Å². The third kappa shape index (κ3) is 2.81. The summed E-state index contributed by atoms with van der Waals surface area (Å²) in [6.45, 7) is 17.1. The lowest BCUT2D eigenvalue weighted by Gasteiger charge is -2.63. The number of hydrogen-bond donors (Lipinski definition) is 1. The molecule has 4 aliphatic carbocycles. The molecule has 0 aromatic carbocycles. The number of esters is 1. The van der Waals surface area contributed by atoms with Crippen molar-refractivity contribution in [3.05, 3.63) is 23.8 Å². The van der Waals surface area contributed by atoms with E-state index in [1.54, 1.807) is 0 Å². The summed E-state index contributed by atoms with van der Waals surface area (Å²) in [6, 6.07) is 0. The first-order valence-corrected chi connectivity index (χ1v) is 13.5. The number of allylic oxidation sites excluding steroid dienone is 3. The number of ether oxygens (including phenoxy) is 1. The molecule has 1 N–H and O–H groups in total. The molecule has 1 saturated heterocycles. The molecule has 5 aliphatic rings. The van der Waals surface area contributed by atoms with Crippen molar-refractivity contribution in [1.82, 2.24) is 0 Å². The van der Waals surface area contributed by atoms with Crippen LogP contribution in [0, 0.1) is 39.4 Å². The van der Waals surface area contributed by atoms with Gasteiger partial charge in [-0.25, -0.2) is 0 Å². The molecule has 8 atom stereocenters. The predicted octanol–water partition coefficient (Wildman–Crippen LogP) is 6.17. The van der Waals surface area contributed by atoms with Crippen molar-refractivity contribution in [3.8, 4) is 0 Å². The van der Waals surface area contributed by atoms with Crippen LogP contribution in [0.2, 0.25) is 0 Å². The second-order valence-electron chi connectivity index (χ2n) is 13.8. The molecule has 0 aromatic rings. The van der Waals surface area contributed by atoms with Crippen molar-refractivity contribution in [1.29, 1.82) is 0 Å². The molecule has 5 rings (SSSR count).